The van der Waals surface area contributed by atoms with Crippen LogP contribution in [0, 0.1) is 5.92 Å². The normalized spacial score (nSPS) is 20.2. The van der Waals surface area contributed by atoms with Crippen LogP contribution in [0.2, 0.25) is 0 Å². The number of amides is 1. The molecule has 0 spiro atoms. The van der Waals surface area contributed by atoms with E-state index in [2.05, 4.69) is 15.5 Å². The summed E-state index contributed by atoms with van der Waals surface area (Å²) in [6.07, 6.45) is 5.75. The Kier molecular flexibility index (Phi) is 6.31. The fourth-order valence-corrected chi connectivity index (χ4v) is 7.36. The summed E-state index contributed by atoms with van der Waals surface area (Å²) in [5.74, 6) is 0.828. The molecule has 1 amide bonds. The minimum Gasteiger partial charge on any atom is -0.339 e. The van der Waals surface area contributed by atoms with Gasteiger partial charge in [-0.1, -0.05) is 36.2 Å². The number of nitrogens with zero attached hydrogens (tertiary/aromatic N) is 3. The van der Waals surface area contributed by atoms with Gasteiger partial charge in [-0.15, -0.1) is 11.3 Å². The van der Waals surface area contributed by atoms with E-state index in [1.807, 2.05) is 30.3 Å². The van der Waals surface area contributed by atoms with Crippen molar-refractivity contribution in [1.82, 2.24) is 14.4 Å². The quantitative estimate of drug-likeness (QED) is 0.550. The molecule has 33 heavy (non-hydrogen) atoms. The number of anilines is 1. The second-order valence-electron chi connectivity index (χ2n) is 8.65. The number of thiophene rings is 1. The summed E-state index contributed by atoms with van der Waals surface area (Å²) < 4.78 is 33.7. The Morgan fingerprint density at radius 1 is 1.12 bits per heavy atom. The lowest BCUT2D eigenvalue weighted by Gasteiger charge is -2.30. The predicted molar refractivity (Wildman–Crippen MR) is 125 cm³/mol. The van der Waals surface area contributed by atoms with Gasteiger partial charge in [-0.05, 0) is 43.9 Å². The first-order valence-electron chi connectivity index (χ1n) is 11.3. The van der Waals surface area contributed by atoms with Gasteiger partial charge in [0.15, 0.2) is 0 Å². The van der Waals surface area contributed by atoms with Crippen LogP contribution in [-0.2, 0) is 14.8 Å². The number of piperidine rings is 1. The molecule has 0 radical (unpaired) electrons. The zero-order chi connectivity index (χ0) is 22.8. The van der Waals surface area contributed by atoms with Crippen molar-refractivity contribution < 1.29 is 17.7 Å². The first-order chi connectivity index (χ1) is 16.0. The summed E-state index contributed by atoms with van der Waals surface area (Å²) in [5, 5.41) is 8.71. The van der Waals surface area contributed by atoms with E-state index in [9.17, 15) is 13.2 Å². The number of aromatic nitrogens is 2. The molecule has 1 N–H and O–H groups in total. The van der Waals surface area contributed by atoms with Crippen LogP contribution in [-0.4, -0.2) is 41.9 Å². The molecule has 3 heterocycles. The largest absolute Gasteiger partial charge is 0.339 e. The average Bonchev–Trinajstić information content (AvgIpc) is 3.61. The van der Waals surface area contributed by atoms with Crippen molar-refractivity contribution in [3.05, 3.63) is 47.7 Å². The summed E-state index contributed by atoms with van der Waals surface area (Å²) in [5.41, 5.74) is 1.35. The van der Waals surface area contributed by atoms with Crippen LogP contribution in [0.3, 0.4) is 0 Å². The fraction of sp³-hybridized carbons (Fsp3) is 0.435. The van der Waals surface area contributed by atoms with E-state index in [4.69, 9.17) is 4.52 Å². The van der Waals surface area contributed by atoms with Gasteiger partial charge >= 0.3 is 0 Å². The van der Waals surface area contributed by atoms with Gasteiger partial charge in [0.2, 0.25) is 17.6 Å². The molecule has 8 nitrogen and oxygen atoms in total. The number of rotatable bonds is 6. The van der Waals surface area contributed by atoms with E-state index in [1.54, 1.807) is 11.4 Å². The van der Waals surface area contributed by atoms with Crippen LogP contribution in [0.25, 0.3) is 11.4 Å². The number of carbonyl (C=O) groups is 1. The zero-order valence-corrected chi connectivity index (χ0v) is 19.8. The molecular weight excluding hydrogens is 460 g/mol. The van der Waals surface area contributed by atoms with E-state index in [0.717, 1.165) is 24.2 Å². The molecule has 1 aromatic carbocycles. The Morgan fingerprint density at radius 2 is 1.91 bits per heavy atom. The van der Waals surface area contributed by atoms with Crippen LogP contribution >= 0.6 is 11.3 Å². The van der Waals surface area contributed by atoms with Gasteiger partial charge in [0.1, 0.15) is 4.21 Å². The highest BCUT2D eigenvalue weighted by molar-refractivity contribution is 7.91. The van der Waals surface area contributed by atoms with E-state index >= 15 is 0 Å². The van der Waals surface area contributed by atoms with Gasteiger partial charge in [0, 0.05) is 35.6 Å². The number of hydrogen-bond acceptors (Lipinski definition) is 7. The molecule has 1 atom stereocenters. The lowest BCUT2D eigenvalue weighted by atomic mass is 9.99. The standard InChI is InChI=1S/C23H26N4O4S2/c28-22(24-19-10-2-1-3-11-19)17-9-6-12-27(14-17)33(29,30)20-13-18(15-32-20)21-25-23(31-26-21)16-7-4-5-8-16/h1-3,10-11,13,15-17H,4-9,12,14H2,(H,24,28). The molecule has 2 fully saturated rings. The van der Waals surface area contributed by atoms with Crippen LogP contribution in [0.5, 0.6) is 0 Å². The van der Waals surface area contributed by atoms with Crippen molar-refractivity contribution in [3.63, 3.8) is 0 Å². The minimum absolute atomic E-state index is 0.154. The lowest BCUT2D eigenvalue weighted by molar-refractivity contribution is -0.120. The number of nitrogens with one attached hydrogen (secondary N) is 1. The van der Waals surface area contributed by atoms with Crippen molar-refractivity contribution in [2.75, 3.05) is 18.4 Å². The third kappa shape index (κ3) is 4.73. The van der Waals surface area contributed by atoms with Gasteiger partial charge < -0.3 is 9.84 Å². The maximum Gasteiger partial charge on any atom is 0.252 e. The van der Waals surface area contributed by atoms with Gasteiger partial charge in [-0.3, -0.25) is 4.79 Å². The predicted octanol–water partition coefficient (Wildman–Crippen LogP) is 4.50. The zero-order valence-electron chi connectivity index (χ0n) is 18.1. The molecule has 1 aliphatic heterocycles. The minimum atomic E-state index is -3.71. The smallest absolute Gasteiger partial charge is 0.252 e. The third-order valence-electron chi connectivity index (χ3n) is 6.37. The number of benzene rings is 1. The fourth-order valence-electron chi connectivity index (χ4n) is 4.53. The molecule has 1 aliphatic carbocycles. The summed E-state index contributed by atoms with van der Waals surface area (Å²) in [4.78, 5) is 17.2. The van der Waals surface area contributed by atoms with Gasteiger partial charge in [-0.2, -0.15) is 9.29 Å². The molecule has 1 saturated carbocycles. The molecule has 2 aliphatic rings. The Morgan fingerprint density at radius 3 is 2.70 bits per heavy atom. The monoisotopic (exact) mass is 486 g/mol. The van der Waals surface area contributed by atoms with Gasteiger partial charge in [0.05, 0.1) is 5.92 Å². The number of carbonyl (C=O) groups excluding carboxylic acids is 1. The molecule has 3 aromatic rings. The number of para-hydroxylation sites is 1. The number of sulfonamides is 1. The van der Waals surface area contributed by atoms with Crippen molar-refractivity contribution in [1.29, 1.82) is 0 Å². The molecule has 5 rings (SSSR count). The maximum absolute atomic E-state index is 13.3. The van der Waals surface area contributed by atoms with E-state index in [-0.39, 0.29) is 22.6 Å². The van der Waals surface area contributed by atoms with Crippen LogP contribution in [0.15, 0.2) is 50.5 Å². The van der Waals surface area contributed by atoms with E-state index in [0.29, 0.717) is 48.3 Å². The summed E-state index contributed by atoms with van der Waals surface area (Å²) in [7, 11) is -3.71. The molecular formula is C23H26N4O4S2. The van der Waals surface area contributed by atoms with Crippen molar-refractivity contribution >= 4 is 33.0 Å². The Balaban J connectivity index is 1.28. The molecule has 10 heteroatoms. The van der Waals surface area contributed by atoms with Crippen LogP contribution < -0.4 is 5.32 Å². The molecule has 174 valence electrons. The number of hydrogen-bond donors (Lipinski definition) is 1. The SMILES string of the molecule is O=C(Nc1ccccc1)C1CCCN(S(=O)(=O)c2cc(-c3noc(C4CCCC4)n3)cs2)C1. The van der Waals surface area contributed by atoms with Crippen molar-refractivity contribution in [2.45, 2.75) is 48.7 Å². The van der Waals surface area contributed by atoms with Gasteiger partial charge in [0.25, 0.3) is 10.0 Å². The van der Waals surface area contributed by atoms with Gasteiger partial charge in [-0.25, -0.2) is 8.42 Å². The van der Waals surface area contributed by atoms with Crippen LogP contribution in [0.1, 0.15) is 50.3 Å². The second kappa shape index (κ2) is 9.36. The Hall–Kier alpha value is -2.56. The third-order valence-corrected chi connectivity index (χ3v) is 9.65. The summed E-state index contributed by atoms with van der Waals surface area (Å²) in [6, 6.07) is 10.8. The van der Waals surface area contributed by atoms with Crippen molar-refractivity contribution in [2.24, 2.45) is 5.92 Å². The topological polar surface area (TPSA) is 105 Å². The lowest BCUT2D eigenvalue weighted by Crippen LogP contribution is -2.43. The summed E-state index contributed by atoms with van der Waals surface area (Å²) >= 11 is 1.15. The highest BCUT2D eigenvalue weighted by Crippen LogP contribution is 2.35. The van der Waals surface area contributed by atoms with Crippen molar-refractivity contribution in [3.8, 4) is 11.4 Å². The highest BCUT2D eigenvalue weighted by atomic mass is 32.2. The van der Waals surface area contributed by atoms with Crippen LogP contribution in [0.4, 0.5) is 5.69 Å². The molecule has 0 bridgehead atoms. The Bertz CT molecular complexity index is 1220. The maximum atomic E-state index is 13.3. The first kappa shape index (κ1) is 22.2. The summed E-state index contributed by atoms with van der Waals surface area (Å²) in [6.45, 7) is 0.570. The molecule has 1 unspecified atom stereocenters. The average molecular weight is 487 g/mol. The molecule has 1 saturated heterocycles. The highest BCUT2D eigenvalue weighted by Gasteiger charge is 2.34. The van der Waals surface area contributed by atoms with E-state index < -0.39 is 10.0 Å². The second-order valence-corrected chi connectivity index (χ2v) is 11.7. The Labute approximate surface area is 197 Å². The first-order valence-corrected chi connectivity index (χ1v) is 13.6. The van der Waals surface area contributed by atoms with E-state index in [1.165, 1.54) is 17.1 Å². The molecule has 2 aromatic heterocycles.